The minimum atomic E-state index is -0.864. The number of methoxy groups -OCH3 is 2. The summed E-state index contributed by atoms with van der Waals surface area (Å²) in [4.78, 5) is 38.6. The van der Waals surface area contributed by atoms with Crippen molar-refractivity contribution in [1.82, 2.24) is 14.2 Å². The number of hydrogen-bond acceptors (Lipinski definition) is 7. The van der Waals surface area contributed by atoms with Crippen LogP contribution in [0, 0.1) is 11.3 Å². The number of pyridine rings is 2. The summed E-state index contributed by atoms with van der Waals surface area (Å²) in [6.07, 6.45) is 4.69. The monoisotopic (exact) mass is 533 g/mol. The molecule has 0 bridgehead atoms. The zero-order valence-electron chi connectivity index (χ0n) is 20.7. The molecule has 38 heavy (non-hydrogen) atoms. The highest BCUT2D eigenvalue weighted by molar-refractivity contribution is 6.31. The molecule has 1 aromatic carbocycles. The molecule has 1 atom stereocenters. The number of carbonyl (C=O) groups excluding carboxylic acids is 2. The first kappa shape index (κ1) is 26.6. The Morgan fingerprint density at radius 3 is 2.66 bits per heavy atom. The number of ether oxygens (including phenoxy) is 2. The number of nitrogens with two attached hydrogens (primary N) is 1. The van der Waals surface area contributed by atoms with E-state index in [0.717, 1.165) is 0 Å². The number of nitriles is 1. The number of aromatic nitrogens is 3. The van der Waals surface area contributed by atoms with Gasteiger partial charge in [0.2, 0.25) is 0 Å². The molecule has 0 saturated carbocycles. The van der Waals surface area contributed by atoms with Crippen LogP contribution in [0.2, 0.25) is 5.02 Å². The molecule has 0 aliphatic carbocycles. The van der Waals surface area contributed by atoms with Crippen LogP contribution in [-0.2, 0) is 16.0 Å². The molecule has 11 heteroatoms. The second-order valence-corrected chi connectivity index (χ2v) is 8.97. The van der Waals surface area contributed by atoms with Gasteiger partial charge in [0.15, 0.2) is 5.78 Å². The maximum absolute atomic E-state index is 13.5. The lowest BCUT2D eigenvalue weighted by Crippen LogP contribution is -2.31. The molecule has 194 valence electrons. The first-order valence-electron chi connectivity index (χ1n) is 11.5. The highest BCUT2D eigenvalue weighted by Crippen LogP contribution is 2.33. The molecule has 0 fully saturated rings. The van der Waals surface area contributed by atoms with Gasteiger partial charge in [0.25, 0.3) is 11.5 Å². The fourth-order valence-corrected chi connectivity index (χ4v) is 4.48. The van der Waals surface area contributed by atoms with Crippen LogP contribution in [0.4, 0.5) is 0 Å². The first-order valence-corrected chi connectivity index (χ1v) is 11.9. The number of halogens is 1. The molecule has 3 heterocycles. The van der Waals surface area contributed by atoms with E-state index in [1.54, 1.807) is 36.5 Å². The van der Waals surface area contributed by atoms with Crippen LogP contribution >= 0.6 is 11.6 Å². The van der Waals surface area contributed by atoms with Crippen LogP contribution in [0.5, 0.6) is 5.75 Å². The lowest BCUT2D eigenvalue weighted by molar-refractivity contribution is -0.122. The van der Waals surface area contributed by atoms with Crippen LogP contribution in [-0.4, -0.2) is 46.7 Å². The molecule has 4 rings (SSSR count). The zero-order valence-corrected chi connectivity index (χ0v) is 21.4. The average molecular weight is 534 g/mol. The van der Waals surface area contributed by atoms with Gasteiger partial charge in [0.05, 0.1) is 48.3 Å². The van der Waals surface area contributed by atoms with Crippen molar-refractivity contribution in [2.24, 2.45) is 5.73 Å². The first-order chi connectivity index (χ1) is 18.3. The number of rotatable bonds is 10. The van der Waals surface area contributed by atoms with Gasteiger partial charge >= 0.3 is 0 Å². The number of benzene rings is 1. The van der Waals surface area contributed by atoms with Gasteiger partial charge in [-0.2, -0.15) is 10.4 Å². The second-order valence-electron chi connectivity index (χ2n) is 8.53. The molecule has 2 N–H and O–H groups in total. The summed E-state index contributed by atoms with van der Waals surface area (Å²) in [6.45, 7) is 0.229. The highest BCUT2D eigenvalue weighted by atomic mass is 35.5. The number of nitrogens with zero attached hydrogens (tertiary/aromatic N) is 4. The highest BCUT2D eigenvalue weighted by Gasteiger charge is 2.24. The van der Waals surface area contributed by atoms with Crippen molar-refractivity contribution < 1.29 is 19.1 Å². The Morgan fingerprint density at radius 1 is 1.18 bits per heavy atom. The van der Waals surface area contributed by atoms with Gasteiger partial charge < -0.3 is 19.8 Å². The Labute approximate surface area is 222 Å². The quantitative estimate of drug-likeness (QED) is 0.330. The van der Waals surface area contributed by atoms with E-state index in [1.807, 2.05) is 0 Å². The van der Waals surface area contributed by atoms with Gasteiger partial charge in [-0.25, -0.2) is 4.52 Å². The van der Waals surface area contributed by atoms with E-state index in [2.05, 4.69) is 11.2 Å². The SMILES string of the molecule is COCCC(C(=O)Cc1ccn2ncc(C(N)=O)c2c1)n1cc(OC)c(-c2cc(Cl)ccc2C#N)cc1=O. The van der Waals surface area contributed by atoms with Crippen molar-refractivity contribution in [3.05, 3.63) is 87.1 Å². The number of Topliss-reactive ketones (excluding diaryl/α,β-unsaturated/α-hetero) is 1. The molecule has 0 aliphatic rings. The number of carbonyl (C=O) groups is 2. The summed E-state index contributed by atoms with van der Waals surface area (Å²) in [5.41, 5.74) is 7.47. The molecular weight excluding hydrogens is 510 g/mol. The molecule has 3 aromatic heterocycles. The normalized spacial score (nSPS) is 11.7. The standard InChI is InChI=1S/C27H24ClN5O5/c1-37-8-6-22(24(34)10-16-5-7-33-23(9-16)21(14-31-33)27(30)36)32-15-25(38-2)20(12-26(32)35)19-11-18(28)4-3-17(19)13-29/h3-5,7,9,11-12,14-15,22H,6,8,10H2,1-2H3,(H2,30,36). The van der Waals surface area contributed by atoms with Gasteiger partial charge in [-0.15, -0.1) is 0 Å². The largest absolute Gasteiger partial charge is 0.495 e. The van der Waals surface area contributed by atoms with Crippen LogP contribution in [0.3, 0.4) is 0 Å². The van der Waals surface area contributed by atoms with Gasteiger partial charge in [0.1, 0.15) is 5.75 Å². The smallest absolute Gasteiger partial charge is 0.252 e. The molecule has 10 nitrogen and oxygen atoms in total. The molecule has 0 spiro atoms. The predicted molar refractivity (Wildman–Crippen MR) is 140 cm³/mol. The van der Waals surface area contributed by atoms with Crippen LogP contribution in [0.1, 0.15) is 33.9 Å². The number of amides is 1. The summed E-state index contributed by atoms with van der Waals surface area (Å²) in [6, 6.07) is 10.7. The van der Waals surface area contributed by atoms with E-state index in [0.29, 0.717) is 38.5 Å². The van der Waals surface area contributed by atoms with Gasteiger partial charge in [-0.3, -0.25) is 14.4 Å². The van der Waals surface area contributed by atoms with Gasteiger partial charge in [-0.05, 0) is 42.3 Å². The number of hydrogen-bond donors (Lipinski definition) is 1. The second kappa shape index (κ2) is 11.3. The zero-order chi connectivity index (χ0) is 27.4. The summed E-state index contributed by atoms with van der Waals surface area (Å²) in [5.74, 6) is -0.575. The van der Waals surface area contributed by atoms with E-state index in [-0.39, 0.29) is 30.8 Å². The Kier molecular flexibility index (Phi) is 7.90. The van der Waals surface area contributed by atoms with E-state index >= 15 is 0 Å². The number of primary amides is 1. The van der Waals surface area contributed by atoms with Crippen molar-refractivity contribution in [3.8, 4) is 22.9 Å². The van der Waals surface area contributed by atoms with Crippen molar-refractivity contribution in [2.45, 2.75) is 18.9 Å². The van der Waals surface area contributed by atoms with Crippen molar-refractivity contribution in [2.75, 3.05) is 20.8 Å². The fourth-order valence-electron chi connectivity index (χ4n) is 4.31. The van der Waals surface area contributed by atoms with Crippen molar-refractivity contribution >= 4 is 28.8 Å². The minimum Gasteiger partial charge on any atom is -0.495 e. The Bertz CT molecular complexity index is 1640. The summed E-state index contributed by atoms with van der Waals surface area (Å²) in [5, 5.41) is 14.0. The van der Waals surface area contributed by atoms with E-state index in [4.69, 9.17) is 26.8 Å². The van der Waals surface area contributed by atoms with Crippen LogP contribution in [0.15, 0.2) is 59.8 Å². The average Bonchev–Trinajstić information content (AvgIpc) is 3.33. The van der Waals surface area contributed by atoms with Gasteiger partial charge in [0, 0.05) is 48.6 Å². The topological polar surface area (TPSA) is 142 Å². The number of fused-ring (bicyclic) bond motifs is 1. The lowest BCUT2D eigenvalue weighted by atomic mass is 9.99. The maximum atomic E-state index is 13.5. The van der Waals surface area contributed by atoms with E-state index in [1.165, 1.54) is 41.8 Å². The Hall–Kier alpha value is -4.46. The predicted octanol–water partition coefficient (Wildman–Crippen LogP) is 3.18. The Morgan fingerprint density at radius 2 is 1.97 bits per heavy atom. The minimum absolute atomic E-state index is 0.0162. The van der Waals surface area contributed by atoms with Crippen molar-refractivity contribution in [1.29, 1.82) is 5.26 Å². The van der Waals surface area contributed by atoms with Gasteiger partial charge in [-0.1, -0.05) is 11.6 Å². The molecule has 0 saturated heterocycles. The summed E-state index contributed by atoms with van der Waals surface area (Å²) in [7, 11) is 2.95. The summed E-state index contributed by atoms with van der Waals surface area (Å²) >= 11 is 6.15. The fraction of sp³-hybridized carbons (Fsp3) is 0.222. The Balaban J connectivity index is 1.74. The van der Waals surface area contributed by atoms with E-state index in [9.17, 15) is 19.6 Å². The molecule has 4 aromatic rings. The third-order valence-electron chi connectivity index (χ3n) is 6.19. The molecule has 0 radical (unpaired) electrons. The maximum Gasteiger partial charge on any atom is 0.252 e. The summed E-state index contributed by atoms with van der Waals surface area (Å²) < 4.78 is 13.6. The third-order valence-corrected chi connectivity index (χ3v) is 6.42. The van der Waals surface area contributed by atoms with Crippen LogP contribution in [0.25, 0.3) is 16.6 Å². The molecular formula is C27H24ClN5O5. The van der Waals surface area contributed by atoms with Crippen molar-refractivity contribution in [3.63, 3.8) is 0 Å². The molecule has 1 amide bonds. The van der Waals surface area contributed by atoms with Crippen LogP contribution < -0.4 is 16.0 Å². The van der Waals surface area contributed by atoms with E-state index < -0.39 is 17.5 Å². The third kappa shape index (κ3) is 5.29. The molecule has 1 unspecified atom stereocenters. The lowest BCUT2D eigenvalue weighted by Gasteiger charge is -2.21. The molecule has 0 aliphatic heterocycles. The number of ketones is 1.